The fraction of sp³-hybridized carbons (Fsp3) is 0.667. The molecule has 0 aromatic heterocycles. The zero-order chi connectivity index (χ0) is 41.7. The summed E-state index contributed by atoms with van der Waals surface area (Å²) in [6, 6.07) is 5.36. The van der Waals surface area contributed by atoms with Gasteiger partial charge in [0.1, 0.15) is 0 Å². The van der Waals surface area contributed by atoms with E-state index >= 15 is 0 Å². The van der Waals surface area contributed by atoms with Gasteiger partial charge in [-0.15, -0.1) is 0 Å². The largest absolute Gasteiger partial charge is 0.480 e. The van der Waals surface area contributed by atoms with Crippen LogP contribution in [0.15, 0.2) is 30.3 Å². The van der Waals surface area contributed by atoms with Crippen molar-refractivity contribution in [1.82, 2.24) is 0 Å². The Labute approximate surface area is 274 Å². The van der Waals surface area contributed by atoms with E-state index in [9.17, 15) is 127 Å². The van der Waals surface area contributed by atoms with Gasteiger partial charge in [0.25, 0.3) is 0 Å². The Kier molecular flexibility index (Phi) is 13.5. The van der Waals surface area contributed by atoms with E-state index in [2.05, 4.69) is 0 Å². The highest BCUT2D eigenvalue weighted by Crippen LogP contribution is 2.65. The van der Waals surface area contributed by atoms with Gasteiger partial charge in [-0.3, -0.25) is 0 Å². The summed E-state index contributed by atoms with van der Waals surface area (Å²) < 4.78 is 358. The first kappa shape index (κ1) is 49.1. The van der Waals surface area contributed by atoms with Gasteiger partial charge in [0, 0.05) is 0 Å². The Bertz CT molecular complexity index is 1530. The van der Waals surface area contributed by atoms with Gasteiger partial charge in [-0.05, 0) is 12.1 Å². The van der Waals surface area contributed by atoms with Crippen LogP contribution in [0.4, 0.5) is 110 Å². The van der Waals surface area contributed by atoms with Crippen LogP contribution < -0.4 is 21.2 Å². The Hall–Kier alpha value is -1.94. The van der Waals surface area contributed by atoms with Crippen molar-refractivity contribution in [2.24, 2.45) is 0 Å². The maximum Gasteiger partial charge on any atom is 0.480 e. The van der Waals surface area contributed by atoms with Crippen LogP contribution in [0.3, 0.4) is 0 Å². The topological polar surface area (TPSA) is 82.4 Å². The Morgan fingerprint density at radius 1 is 0.431 bits per heavy atom. The van der Waals surface area contributed by atoms with Crippen LogP contribution in [-0.4, -0.2) is 85.8 Å². The zero-order valence-corrected chi connectivity index (χ0v) is 26.1. The first-order valence-electron chi connectivity index (χ1n) is 10.9. The molecule has 51 heavy (non-hydrogen) atoms. The van der Waals surface area contributed by atoms with Crippen molar-refractivity contribution in [3.05, 3.63) is 38.0 Å². The zero-order valence-electron chi connectivity index (χ0n) is 22.3. The molecule has 0 N–H and O–H groups in total. The van der Waals surface area contributed by atoms with Crippen LogP contribution in [0.2, 0.25) is 0 Å². The highest BCUT2D eigenvalue weighted by molar-refractivity contribution is 8.13. The molecule has 1 rings (SSSR count). The molecule has 0 saturated carbocycles. The number of sulfonamides is 2. The summed E-state index contributed by atoms with van der Waals surface area (Å²) in [5, 5.41) is 0. The third-order valence-corrected chi connectivity index (χ3v) is 10.8. The molecule has 0 amide bonds. The number of nitrogens with zero attached hydrogens (tertiary/aromatic N) is 1. The number of benzene rings is 1. The maximum atomic E-state index is 13.8. The number of alkyl halides is 26. The fourth-order valence-corrected chi connectivity index (χ4v) is 6.39. The van der Waals surface area contributed by atoms with Crippen LogP contribution in [0.25, 0.3) is 4.13 Å². The summed E-state index contributed by atoms with van der Waals surface area (Å²) in [6.07, 6.45) is -7.88. The van der Waals surface area contributed by atoms with E-state index in [1.807, 2.05) is 0 Å². The monoisotopic (exact) mass is 967 g/mol. The predicted octanol–water partition coefficient (Wildman–Crippen LogP) is 5.65. The lowest BCUT2D eigenvalue weighted by Crippen LogP contribution is -3.63. The summed E-state index contributed by atoms with van der Waals surface area (Å²) >= 11 is -2.50. The summed E-state index contributed by atoms with van der Waals surface area (Å²) in [6.45, 7) is 0. The van der Waals surface area contributed by atoms with Gasteiger partial charge in [0.2, 0.25) is 4.43 Å². The minimum atomic E-state index is -8.88. The first-order chi connectivity index (χ1) is 21.8. The van der Waals surface area contributed by atoms with Gasteiger partial charge in [-0.1, -0.05) is 18.2 Å². The van der Waals surface area contributed by atoms with E-state index in [1.54, 1.807) is 0 Å². The molecule has 0 saturated heterocycles. The first-order valence-corrected chi connectivity index (χ1v) is 16.4. The number of rotatable bonds is 12. The summed E-state index contributed by atoms with van der Waals surface area (Å²) in [7, 11) is -13.4. The van der Waals surface area contributed by atoms with Crippen LogP contribution in [-0.2, 0) is 20.0 Å². The third-order valence-electron chi connectivity index (χ3n) is 5.08. The van der Waals surface area contributed by atoms with Gasteiger partial charge in [-0.2, -0.15) is 110 Å². The van der Waals surface area contributed by atoms with Crippen molar-refractivity contribution in [3.63, 3.8) is 0 Å². The predicted molar refractivity (Wildman–Crippen MR) is 109 cm³/mol. The van der Waals surface area contributed by atoms with E-state index < -0.39 is 110 Å². The molecule has 0 spiro atoms. The second-order valence-electron chi connectivity index (χ2n) is 8.70. The summed E-state index contributed by atoms with van der Waals surface area (Å²) in [5.74, 6) is -66.0. The lowest BCUT2D eigenvalue weighted by molar-refractivity contribution is -0.651. The van der Waals surface area contributed by atoms with Crippen LogP contribution in [0.1, 0.15) is 0 Å². The molecule has 1 aromatic carbocycles. The van der Waals surface area contributed by atoms with Crippen molar-refractivity contribution in [2.45, 2.75) is 64.6 Å². The smallest absolute Gasteiger partial charge is 0.421 e. The molecule has 33 heteroatoms. The molecule has 302 valence electrons. The van der Waals surface area contributed by atoms with E-state index in [4.69, 9.17) is 0 Å². The number of hydrogen-bond acceptors (Lipinski definition) is 4. The molecule has 0 fully saturated rings. The summed E-state index contributed by atoms with van der Waals surface area (Å²) in [5.41, 5.74) is -12.4. The number of hydrogen-bond donors (Lipinski definition) is 0. The van der Waals surface area contributed by atoms with E-state index in [1.165, 1.54) is 6.07 Å². The highest BCUT2D eigenvalue weighted by Gasteiger charge is 2.96. The van der Waals surface area contributed by atoms with Crippen LogP contribution in [0.5, 0.6) is 0 Å². The molecule has 0 aliphatic carbocycles. The minimum absolute atomic E-state index is 0.243. The molecule has 0 radical (unpaired) electrons. The van der Waals surface area contributed by atoms with Gasteiger partial charge in [-0.25, -0.2) is 16.8 Å². The second kappa shape index (κ2) is 14.0. The molecule has 1 aromatic rings. The maximum absolute atomic E-state index is 13.8. The molecule has 0 bridgehead atoms. The highest BCUT2D eigenvalue weighted by atomic mass is 127. The fourth-order valence-electron chi connectivity index (χ4n) is 2.36. The Morgan fingerprint density at radius 2 is 0.706 bits per heavy atom. The van der Waals surface area contributed by atoms with Crippen LogP contribution in [0, 0.1) is 3.57 Å². The SMILES string of the molecule is FC(F)(F)C(F)(F)C(F)(F)C(F)(F)C(F)(F)C(F)(F)C(F)(F)C(F)(F)C(F)(F)C[I+]c1ccccc1.O=S(=O)([N-]S(=O)(=O)C(F)(F)F)C(F)(F)F. The van der Waals surface area contributed by atoms with Gasteiger partial charge >= 0.3 is 85.8 Å². The average Bonchev–Trinajstić information content (AvgIpc) is 2.89. The summed E-state index contributed by atoms with van der Waals surface area (Å²) in [4.78, 5) is 0. The lowest BCUT2D eigenvalue weighted by atomic mass is 9.87. The van der Waals surface area contributed by atoms with Crippen molar-refractivity contribution >= 4 is 20.0 Å². The van der Waals surface area contributed by atoms with Gasteiger partial charge in [0.15, 0.2) is 23.6 Å². The molecule has 0 aliphatic rings. The third kappa shape index (κ3) is 8.73. The molecular formula is C18H7F25INO4S2. The van der Waals surface area contributed by atoms with Gasteiger partial charge < -0.3 is 4.13 Å². The van der Waals surface area contributed by atoms with E-state index in [0.717, 1.165) is 28.4 Å². The molecule has 0 atom stereocenters. The van der Waals surface area contributed by atoms with E-state index in [0.29, 0.717) is 0 Å². The van der Waals surface area contributed by atoms with Crippen molar-refractivity contribution in [1.29, 1.82) is 0 Å². The van der Waals surface area contributed by atoms with Gasteiger partial charge in [0.05, 0.1) is 0 Å². The van der Waals surface area contributed by atoms with E-state index in [-0.39, 0.29) is 3.57 Å². The second-order valence-corrected chi connectivity index (χ2v) is 14.9. The van der Waals surface area contributed by atoms with Crippen molar-refractivity contribution < 1.29 is 148 Å². The average molecular weight is 967 g/mol. The quantitative estimate of drug-likeness (QED) is 0.154. The standard InChI is InChI=1S/C16H7F19I.C2F6NO4S2/c17-8(18,6-36-7-4-2-1-3-5-7)9(19,20)10(21,22)11(23,24)12(25,26)13(27,28)14(29,30)15(31,32)16(33,34)35;3-1(4,5)14(10,11)9-15(12,13)2(6,7)8/h1-5H,6H2;/q+1;-1. The van der Waals surface area contributed by atoms with Crippen molar-refractivity contribution in [2.75, 3.05) is 4.43 Å². The Balaban J connectivity index is 0.00000139. The molecule has 0 aliphatic heterocycles. The molecule has 0 unspecified atom stereocenters. The molecular weight excluding hydrogens is 960 g/mol. The molecule has 0 heterocycles. The van der Waals surface area contributed by atoms with Crippen molar-refractivity contribution in [3.8, 4) is 0 Å². The minimum Gasteiger partial charge on any atom is -0.421 e. The Morgan fingerprint density at radius 3 is 0.980 bits per heavy atom. The van der Waals surface area contributed by atoms with Crippen LogP contribution >= 0.6 is 0 Å². The molecule has 5 nitrogen and oxygen atoms in total. The number of halogens is 26. The normalized spacial score (nSPS) is 15.7. The lowest BCUT2D eigenvalue weighted by Gasteiger charge is -2.43.